The summed E-state index contributed by atoms with van der Waals surface area (Å²) in [7, 11) is 0. The molecular formula is C30H43NO6S2. The average molecular weight is 578 g/mol. The van der Waals surface area contributed by atoms with Crippen LogP contribution in [0.2, 0.25) is 0 Å². The first-order valence-electron chi connectivity index (χ1n) is 14.3. The first-order chi connectivity index (χ1) is 18.3. The van der Waals surface area contributed by atoms with Gasteiger partial charge in [-0.3, -0.25) is 24.1 Å². The number of carbonyl (C=O) groups is 4. The summed E-state index contributed by atoms with van der Waals surface area (Å²) >= 11 is 3.21. The van der Waals surface area contributed by atoms with Gasteiger partial charge in [-0.1, -0.05) is 13.8 Å². The number of hydrogen-bond donors (Lipinski definition) is 2. The molecule has 1 aliphatic carbocycles. The molecule has 0 aromatic carbocycles. The highest BCUT2D eigenvalue weighted by atomic mass is 32.2. The molecular weight excluding hydrogens is 534 g/mol. The number of ketones is 2. The first-order valence-corrected chi connectivity index (χ1v) is 16.3. The highest BCUT2D eigenvalue weighted by molar-refractivity contribution is 8.03. The van der Waals surface area contributed by atoms with Crippen LogP contribution in [0.1, 0.15) is 85.5 Å². The van der Waals surface area contributed by atoms with Crippen LogP contribution >= 0.6 is 23.5 Å². The Bertz CT molecular complexity index is 982. The van der Waals surface area contributed by atoms with Crippen LogP contribution in [0.3, 0.4) is 0 Å². The van der Waals surface area contributed by atoms with Crippen LogP contribution in [0.25, 0.3) is 0 Å². The Morgan fingerprint density at radius 2 is 1.41 bits per heavy atom. The summed E-state index contributed by atoms with van der Waals surface area (Å²) in [6.45, 7) is 7.66. The number of aliphatic hydroxyl groups excluding tert-OH is 2. The maximum Gasteiger partial charge on any atom is 0.254 e. The van der Waals surface area contributed by atoms with Crippen molar-refractivity contribution in [1.82, 2.24) is 4.90 Å². The summed E-state index contributed by atoms with van der Waals surface area (Å²) in [6, 6.07) is 0. The summed E-state index contributed by atoms with van der Waals surface area (Å²) in [5, 5.41) is 21.2. The molecule has 3 heterocycles. The number of carbonyl (C=O) groups excluding carboxylic acids is 4. The Morgan fingerprint density at radius 1 is 0.846 bits per heavy atom. The molecule has 0 aromatic rings. The molecule has 2 N–H and O–H groups in total. The highest BCUT2D eigenvalue weighted by Crippen LogP contribution is 2.46. The van der Waals surface area contributed by atoms with Crippen LogP contribution in [-0.2, 0) is 19.2 Å². The number of allylic oxidation sites excluding steroid dienone is 2. The minimum Gasteiger partial charge on any atom is -0.393 e. The van der Waals surface area contributed by atoms with Crippen molar-refractivity contribution in [2.75, 3.05) is 11.5 Å². The van der Waals surface area contributed by atoms with Crippen molar-refractivity contribution >= 4 is 46.9 Å². The fraction of sp³-hybridized carbons (Fsp3) is 0.733. The van der Waals surface area contributed by atoms with Crippen LogP contribution in [0.15, 0.2) is 22.0 Å². The largest absolute Gasteiger partial charge is 0.393 e. The number of imide groups is 1. The molecule has 0 radical (unpaired) electrons. The standard InChI is InChI=1S/C30H43NO6S2/c1-29(2,26-22(34)16-23-20(27(26)36)10-14-38-23)12-8-18(32)6-5-7-19(33)9-13-30(3,4)31-25(35)17-24-21(28(31)37)11-15-39-24/h16-21,26,32-33H,5-15H2,1-4H3. The third-order valence-electron chi connectivity index (χ3n) is 8.91. The number of rotatable bonds is 12. The molecule has 5 atom stereocenters. The van der Waals surface area contributed by atoms with Gasteiger partial charge in [-0.25, -0.2) is 0 Å². The van der Waals surface area contributed by atoms with Gasteiger partial charge in [-0.15, -0.1) is 23.5 Å². The van der Waals surface area contributed by atoms with E-state index >= 15 is 0 Å². The van der Waals surface area contributed by atoms with Gasteiger partial charge in [0.25, 0.3) is 5.91 Å². The molecule has 5 unspecified atom stereocenters. The van der Waals surface area contributed by atoms with E-state index in [9.17, 15) is 29.4 Å². The quantitative estimate of drug-likeness (QED) is 0.255. The fourth-order valence-corrected chi connectivity index (χ4v) is 8.88. The topological polar surface area (TPSA) is 112 Å². The van der Waals surface area contributed by atoms with Crippen molar-refractivity contribution in [1.29, 1.82) is 0 Å². The second-order valence-electron chi connectivity index (χ2n) is 12.8. The van der Waals surface area contributed by atoms with Crippen LogP contribution in [0, 0.1) is 23.2 Å². The molecule has 4 aliphatic rings. The molecule has 39 heavy (non-hydrogen) atoms. The number of thioether (sulfide) groups is 2. The molecule has 0 bridgehead atoms. The van der Waals surface area contributed by atoms with Crippen molar-refractivity contribution in [3.05, 3.63) is 22.0 Å². The summed E-state index contributed by atoms with van der Waals surface area (Å²) in [6.07, 6.45) is 7.43. The molecule has 9 heteroatoms. The SMILES string of the molecule is CC(C)(CCC(O)CCCC(O)CCC(C)(C)N1C(=O)C=C2SCCC2C1=O)C1C(=O)C=C2SCCC2C1=O. The van der Waals surface area contributed by atoms with Gasteiger partial charge in [-0.05, 0) is 99.5 Å². The van der Waals surface area contributed by atoms with E-state index in [1.807, 2.05) is 27.7 Å². The van der Waals surface area contributed by atoms with Crippen LogP contribution in [-0.4, -0.2) is 67.7 Å². The Labute approximate surface area is 240 Å². The molecule has 4 rings (SSSR count). The van der Waals surface area contributed by atoms with Gasteiger partial charge in [0.15, 0.2) is 11.6 Å². The van der Waals surface area contributed by atoms with Gasteiger partial charge >= 0.3 is 0 Å². The molecule has 3 aliphatic heterocycles. The maximum absolute atomic E-state index is 13.1. The molecule has 0 spiro atoms. The first kappa shape index (κ1) is 30.5. The number of nitrogens with zero attached hydrogens (tertiary/aromatic N) is 1. The van der Waals surface area contributed by atoms with E-state index in [4.69, 9.17) is 0 Å². The van der Waals surface area contributed by atoms with Gasteiger partial charge in [0, 0.05) is 16.5 Å². The molecule has 2 amide bonds. The Morgan fingerprint density at radius 3 is 2.05 bits per heavy atom. The van der Waals surface area contributed by atoms with Gasteiger partial charge in [-0.2, -0.15) is 0 Å². The second kappa shape index (κ2) is 12.2. The minimum absolute atomic E-state index is 0.0413. The van der Waals surface area contributed by atoms with Gasteiger partial charge < -0.3 is 10.2 Å². The zero-order valence-electron chi connectivity index (χ0n) is 23.6. The zero-order chi connectivity index (χ0) is 28.5. The lowest BCUT2D eigenvalue weighted by Gasteiger charge is -2.40. The smallest absolute Gasteiger partial charge is 0.254 e. The summed E-state index contributed by atoms with van der Waals surface area (Å²) in [5.41, 5.74) is -1.21. The Hall–Kier alpha value is -1.42. The van der Waals surface area contributed by atoms with Gasteiger partial charge in [0.2, 0.25) is 5.91 Å². The predicted octanol–water partition coefficient (Wildman–Crippen LogP) is 4.65. The van der Waals surface area contributed by atoms with E-state index in [0.29, 0.717) is 44.9 Å². The minimum atomic E-state index is -0.684. The van der Waals surface area contributed by atoms with Gasteiger partial charge in [0.05, 0.1) is 30.0 Å². The molecule has 0 saturated carbocycles. The lowest BCUT2D eigenvalue weighted by Crippen LogP contribution is -2.54. The van der Waals surface area contributed by atoms with E-state index in [0.717, 1.165) is 34.2 Å². The normalized spacial score (nSPS) is 27.3. The fourth-order valence-electron chi connectivity index (χ4n) is 6.46. The summed E-state index contributed by atoms with van der Waals surface area (Å²) in [4.78, 5) is 54.7. The number of Topliss-reactive ketones (excluding diaryl/α,β-unsaturated/α-hetero) is 1. The van der Waals surface area contributed by atoms with E-state index in [2.05, 4.69) is 0 Å². The summed E-state index contributed by atoms with van der Waals surface area (Å²) in [5.74, 6) is 0.332. The van der Waals surface area contributed by atoms with E-state index < -0.39 is 29.1 Å². The molecule has 2 fully saturated rings. The van der Waals surface area contributed by atoms with Crippen molar-refractivity contribution in [3.63, 3.8) is 0 Å². The third kappa shape index (κ3) is 6.74. The number of fused-ring (bicyclic) bond motifs is 2. The lowest BCUT2D eigenvalue weighted by atomic mass is 9.66. The van der Waals surface area contributed by atoms with Crippen LogP contribution in [0.4, 0.5) is 0 Å². The zero-order valence-corrected chi connectivity index (χ0v) is 25.2. The number of aliphatic hydroxyl groups is 2. The molecule has 7 nitrogen and oxygen atoms in total. The third-order valence-corrected chi connectivity index (χ3v) is 11.3. The van der Waals surface area contributed by atoms with Gasteiger partial charge in [0.1, 0.15) is 0 Å². The molecule has 216 valence electrons. The van der Waals surface area contributed by atoms with Crippen LogP contribution in [0.5, 0.6) is 0 Å². The van der Waals surface area contributed by atoms with Crippen molar-refractivity contribution in [3.8, 4) is 0 Å². The predicted molar refractivity (Wildman–Crippen MR) is 155 cm³/mol. The summed E-state index contributed by atoms with van der Waals surface area (Å²) < 4.78 is 0. The average Bonchev–Trinajstić information content (AvgIpc) is 3.51. The monoisotopic (exact) mass is 577 g/mol. The lowest BCUT2D eigenvalue weighted by molar-refractivity contribution is -0.152. The van der Waals surface area contributed by atoms with E-state index in [1.165, 1.54) is 4.90 Å². The molecule has 0 aromatic heterocycles. The molecule has 2 saturated heterocycles. The van der Waals surface area contributed by atoms with Crippen molar-refractivity contribution < 1.29 is 29.4 Å². The van der Waals surface area contributed by atoms with E-state index in [1.54, 1.807) is 35.7 Å². The van der Waals surface area contributed by atoms with Crippen LogP contribution < -0.4 is 0 Å². The number of amides is 2. The maximum atomic E-state index is 13.1. The van der Waals surface area contributed by atoms with Crippen molar-refractivity contribution in [2.24, 2.45) is 23.2 Å². The Balaban J connectivity index is 1.19. The number of hydrogen-bond acceptors (Lipinski definition) is 8. The Kier molecular flexibility index (Phi) is 9.56. The second-order valence-corrected chi connectivity index (χ2v) is 15.2. The van der Waals surface area contributed by atoms with Crippen molar-refractivity contribution in [2.45, 2.75) is 103 Å². The van der Waals surface area contributed by atoms with E-state index in [-0.39, 0.29) is 35.2 Å². The highest BCUT2D eigenvalue weighted by Gasteiger charge is 2.48.